The highest BCUT2D eigenvalue weighted by molar-refractivity contribution is 9.10. The van der Waals surface area contributed by atoms with Crippen LogP contribution in [-0.4, -0.2) is 20.4 Å². The molecule has 1 aliphatic rings. The second-order valence-corrected chi connectivity index (χ2v) is 9.92. The van der Waals surface area contributed by atoms with Crippen LogP contribution in [0, 0.1) is 5.41 Å². The summed E-state index contributed by atoms with van der Waals surface area (Å²) in [4.78, 5) is 17.9. The number of hydrogen-bond acceptors (Lipinski definition) is 5. The van der Waals surface area contributed by atoms with Crippen molar-refractivity contribution in [2.45, 2.75) is 12.5 Å². The zero-order valence-corrected chi connectivity index (χ0v) is 18.9. The normalized spacial score (nSPS) is 18.0. The zero-order valence-electron chi connectivity index (χ0n) is 15.7. The molecule has 0 saturated carbocycles. The van der Waals surface area contributed by atoms with Crippen LogP contribution < -0.4 is 0 Å². The van der Waals surface area contributed by atoms with Gasteiger partial charge in [-0.15, -0.1) is 11.3 Å². The lowest BCUT2D eigenvalue weighted by atomic mass is 10.0. The Bertz CT molecular complexity index is 1290. The summed E-state index contributed by atoms with van der Waals surface area (Å²) in [6, 6.07) is 16.5. The molecule has 0 unspecified atom stereocenters. The molecule has 2 aromatic heterocycles. The number of halogens is 1. The van der Waals surface area contributed by atoms with Crippen LogP contribution in [0.15, 0.2) is 75.7 Å². The number of thioether (sulfide) groups is 1. The molecule has 1 aliphatic heterocycles. The van der Waals surface area contributed by atoms with Gasteiger partial charge in [-0.05, 0) is 29.8 Å². The summed E-state index contributed by atoms with van der Waals surface area (Å²) in [5, 5.41) is 12.3. The highest BCUT2D eigenvalue weighted by atomic mass is 79.9. The SMILES string of the molecule is N=C1S/C(=C\c2cn(Cc3ccc(Br)cc3)c3ccccc23)C(=O)[C@H]1c1nccs1. The highest BCUT2D eigenvalue weighted by Crippen LogP contribution is 2.41. The first-order valence-corrected chi connectivity index (χ1v) is 11.8. The number of allylic oxidation sites excluding steroid dienone is 1. The third kappa shape index (κ3) is 3.57. The highest BCUT2D eigenvalue weighted by Gasteiger charge is 2.38. The molecule has 2 aromatic carbocycles. The van der Waals surface area contributed by atoms with E-state index in [2.05, 4.69) is 55.9 Å². The maximum Gasteiger partial charge on any atom is 0.186 e. The number of rotatable bonds is 4. The number of carbonyl (C=O) groups is 1. The molecule has 148 valence electrons. The lowest BCUT2D eigenvalue weighted by Gasteiger charge is -2.05. The van der Waals surface area contributed by atoms with Gasteiger partial charge in [0.15, 0.2) is 5.78 Å². The van der Waals surface area contributed by atoms with Crippen LogP contribution in [0.4, 0.5) is 0 Å². The average Bonchev–Trinajstić information content (AvgIpc) is 3.44. The van der Waals surface area contributed by atoms with E-state index in [-0.39, 0.29) is 5.78 Å². The first kappa shape index (κ1) is 19.5. The molecule has 5 rings (SSSR count). The van der Waals surface area contributed by atoms with Crippen LogP contribution in [0.5, 0.6) is 0 Å². The minimum Gasteiger partial charge on any atom is -0.342 e. The summed E-state index contributed by atoms with van der Waals surface area (Å²) in [7, 11) is 0. The monoisotopic (exact) mass is 493 g/mol. The first-order chi connectivity index (χ1) is 14.6. The van der Waals surface area contributed by atoms with Crippen molar-refractivity contribution in [2.24, 2.45) is 0 Å². The summed E-state index contributed by atoms with van der Waals surface area (Å²) in [5.74, 6) is -0.595. The number of Topliss-reactive ketones (excluding diaryl/α,β-unsaturated/α-hetero) is 1. The summed E-state index contributed by atoms with van der Waals surface area (Å²) >= 11 is 6.15. The number of benzene rings is 2. The largest absolute Gasteiger partial charge is 0.342 e. The van der Waals surface area contributed by atoms with Crippen molar-refractivity contribution in [1.29, 1.82) is 5.41 Å². The van der Waals surface area contributed by atoms with Gasteiger partial charge in [0.05, 0.1) is 9.95 Å². The van der Waals surface area contributed by atoms with Gasteiger partial charge < -0.3 is 4.57 Å². The second kappa shape index (κ2) is 7.98. The van der Waals surface area contributed by atoms with E-state index < -0.39 is 5.92 Å². The van der Waals surface area contributed by atoms with E-state index in [1.54, 1.807) is 6.20 Å². The molecule has 7 heteroatoms. The summed E-state index contributed by atoms with van der Waals surface area (Å²) < 4.78 is 3.27. The van der Waals surface area contributed by atoms with Gasteiger partial charge in [-0.3, -0.25) is 10.2 Å². The Hall–Kier alpha value is -2.48. The Labute approximate surface area is 190 Å². The van der Waals surface area contributed by atoms with Crippen molar-refractivity contribution in [3.63, 3.8) is 0 Å². The summed E-state index contributed by atoms with van der Waals surface area (Å²) in [6.07, 6.45) is 5.70. The standard InChI is InChI=1S/C23H16BrN3OS2/c24-16-7-5-14(6-8-16)12-27-13-15(17-3-1-2-4-18(17)27)11-19-21(28)20(22(25)30-19)23-26-9-10-29-23/h1-11,13,20,25H,12H2/b19-11-,25-22?/t20-/m1/s1. The van der Waals surface area contributed by atoms with E-state index in [4.69, 9.17) is 5.41 Å². The van der Waals surface area contributed by atoms with Gasteiger partial charge in [-0.25, -0.2) is 4.98 Å². The molecule has 0 radical (unpaired) electrons. The van der Waals surface area contributed by atoms with E-state index in [1.165, 1.54) is 28.7 Å². The van der Waals surface area contributed by atoms with Crippen molar-refractivity contribution in [1.82, 2.24) is 9.55 Å². The minimum absolute atomic E-state index is 0.0373. The molecular formula is C23H16BrN3OS2. The van der Waals surface area contributed by atoms with Crippen LogP contribution >= 0.6 is 39.0 Å². The smallest absolute Gasteiger partial charge is 0.186 e. The summed E-state index contributed by atoms with van der Waals surface area (Å²) in [6.45, 7) is 0.746. The molecule has 1 N–H and O–H groups in total. The minimum atomic E-state index is -0.558. The molecule has 4 nitrogen and oxygen atoms in total. The first-order valence-electron chi connectivity index (χ1n) is 9.34. The number of aromatic nitrogens is 2. The third-order valence-electron chi connectivity index (χ3n) is 5.06. The van der Waals surface area contributed by atoms with Gasteiger partial charge in [-0.2, -0.15) is 0 Å². The van der Waals surface area contributed by atoms with Crippen molar-refractivity contribution in [3.05, 3.63) is 91.8 Å². The zero-order chi connectivity index (χ0) is 20.7. The van der Waals surface area contributed by atoms with E-state index >= 15 is 0 Å². The van der Waals surface area contributed by atoms with Gasteiger partial charge in [0.25, 0.3) is 0 Å². The quantitative estimate of drug-likeness (QED) is 0.338. The molecule has 1 saturated heterocycles. The fourth-order valence-corrected chi connectivity index (χ4v) is 5.70. The predicted octanol–water partition coefficient (Wildman–Crippen LogP) is 6.33. The average molecular weight is 494 g/mol. The lowest BCUT2D eigenvalue weighted by molar-refractivity contribution is -0.114. The van der Waals surface area contributed by atoms with Gasteiger partial charge in [0, 0.05) is 45.3 Å². The Morgan fingerprint density at radius 3 is 2.73 bits per heavy atom. The van der Waals surface area contributed by atoms with E-state index in [9.17, 15) is 4.79 Å². The maximum atomic E-state index is 13.0. The Kier molecular flexibility index (Phi) is 5.18. The van der Waals surface area contributed by atoms with Crippen molar-refractivity contribution < 1.29 is 4.79 Å². The van der Waals surface area contributed by atoms with Gasteiger partial charge >= 0.3 is 0 Å². The Morgan fingerprint density at radius 2 is 1.97 bits per heavy atom. The number of para-hydroxylation sites is 1. The van der Waals surface area contributed by atoms with Crippen LogP contribution in [-0.2, 0) is 11.3 Å². The second-order valence-electron chi connectivity index (χ2n) is 7.00. The molecule has 1 fully saturated rings. The van der Waals surface area contributed by atoms with E-state index in [0.717, 1.165) is 27.5 Å². The number of carbonyl (C=O) groups excluding carboxylic acids is 1. The van der Waals surface area contributed by atoms with Crippen LogP contribution in [0.2, 0.25) is 0 Å². The van der Waals surface area contributed by atoms with Gasteiger partial charge in [-0.1, -0.05) is 58.0 Å². The molecule has 0 amide bonds. The fourth-order valence-electron chi connectivity index (χ4n) is 3.64. The van der Waals surface area contributed by atoms with E-state index in [1.807, 2.05) is 35.7 Å². The molecule has 1 atom stereocenters. The molecule has 0 aliphatic carbocycles. The molecule has 30 heavy (non-hydrogen) atoms. The van der Waals surface area contributed by atoms with Crippen LogP contribution in [0.25, 0.3) is 17.0 Å². The predicted molar refractivity (Wildman–Crippen MR) is 128 cm³/mol. The number of hydrogen-bond donors (Lipinski definition) is 1. The number of thiazole rings is 1. The lowest BCUT2D eigenvalue weighted by Crippen LogP contribution is -2.11. The van der Waals surface area contributed by atoms with E-state index in [0.29, 0.717) is 15.0 Å². The van der Waals surface area contributed by atoms with Crippen molar-refractivity contribution in [2.75, 3.05) is 0 Å². The maximum absolute atomic E-state index is 13.0. The topological polar surface area (TPSA) is 58.7 Å². The molecule has 0 spiro atoms. The number of fused-ring (bicyclic) bond motifs is 1. The summed E-state index contributed by atoms with van der Waals surface area (Å²) in [5.41, 5.74) is 3.32. The van der Waals surface area contributed by atoms with Crippen molar-refractivity contribution in [3.8, 4) is 0 Å². The molecule has 4 aromatic rings. The molecule has 3 heterocycles. The fraction of sp³-hybridized carbons (Fsp3) is 0.0870. The molecule has 0 bridgehead atoms. The van der Waals surface area contributed by atoms with Gasteiger partial charge in [0.2, 0.25) is 0 Å². The number of ketones is 1. The van der Waals surface area contributed by atoms with Gasteiger partial charge in [0.1, 0.15) is 10.9 Å². The third-order valence-corrected chi connectivity index (χ3v) is 7.42. The number of nitrogens with zero attached hydrogens (tertiary/aromatic N) is 2. The number of nitrogens with one attached hydrogen (secondary N) is 1. The molecular weight excluding hydrogens is 478 g/mol. The Morgan fingerprint density at radius 1 is 1.17 bits per heavy atom. The Balaban J connectivity index is 1.53. The van der Waals surface area contributed by atoms with Crippen molar-refractivity contribution >= 4 is 66.8 Å². The van der Waals surface area contributed by atoms with Crippen LogP contribution in [0.1, 0.15) is 22.1 Å². The van der Waals surface area contributed by atoms with Crippen LogP contribution in [0.3, 0.4) is 0 Å².